The highest BCUT2D eigenvalue weighted by atomic mass is 35.9. The molecule has 0 saturated heterocycles. The first-order valence-corrected chi connectivity index (χ1v) is 7.10. The summed E-state index contributed by atoms with van der Waals surface area (Å²) >= 11 is 9.75. The quantitative estimate of drug-likeness (QED) is 0.456. The molecule has 1 aromatic rings. The Hall–Kier alpha value is -0.450. The lowest BCUT2D eigenvalue weighted by atomic mass is 10.2. The first-order valence-electron chi connectivity index (χ1n) is 3.66. The zero-order valence-electron chi connectivity index (χ0n) is 7.53. The van der Waals surface area contributed by atoms with Crippen LogP contribution in [0, 0.1) is 30.2 Å². The second kappa shape index (κ2) is 4.43. The summed E-state index contributed by atoms with van der Waals surface area (Å²) in [5.74, 6) is -8.59. The molecule has 0 N–H and O–H groups in total. The maximum Gasteiger partial charge on any atom is 0.428 e. The zero-order chi connectivity index (χ0) is 12.7. The minimum absolute atomic E-state index is 0.821. The molecule has 0 atom stereocenters. The Labute approximate surface area is 97.1 Å². The van der Waals surface area contributed by atoms with Crippen LogP contribution in [0.2, 0.25) is 0 Å². The Bertz CT molecular complexity index is 459. The Morgan fingerprint density at radius 1 is 1.00 bits per heavy atom. The van der Waals surface area contributed by atoms with Crippen LogP contribution in [0.15, 0.2) is 0 Å². The predicted molar refractivity (Wildman–Crippen MR) is 51.0 cm³/mol. The lowest BCUT2D eigenvalue weighted by molar-refractivity contribution is 0.391. The van der Waals surface area contributed by atoms with E-state index in [1.165, 1.54) is 0 Å². The van der Waals surface area contributed by atoms with Crippen LogP contribution < -0.4 is 4.52 Å². The highest BCUT2D eigenvalue weighted by Crippen LogP contribution is 2.58. The molecule has 0 aliphatic rings. The van der Waals surface area contributed by atoms with Crippen LogP contribution in [0.25, 0.3) is 0 Å². The SMILES string of the molecule is Cc1c(F)c(F)c(OP(=O)(Cl)Cl)c(F)c1F. The van der Waals surface area contributed by atoms with Crippen LogP contribution in [-0.4, -0.2) is 0 Å². The summed E-state index contributed by atoms with van der Waals surface area (Å²) < 4.78 is 66.8. The van der Waals surface area contributed by atoms with E-state index in [0.29, 0.717) is 0 Å². The number of halogens is 6. The molecule has 16 heavy (non-hydrogen) atoms. The van der Waals surface area contributed by atoms with Gasteiger partial charge in [0.1, 0.15) is 0 Å². The van der Waals surface area contributed by atoms with Gasteiger partial charge in [0, 0.05) is 28.0 Å². The van der Waals surface area contributed by atoms with Gasteiger partial charge in [0.05, 0.1) is 0 Å². The van der Waals surface area contributed by atoms with Crippen molar-refractivity contribution in [3.8, 4) is 5.75 Å². The molecule has 0 radical (unpaired) electrons. The third-order valence-corrected chi connectivity index (χ3v) is 2.45. The normalized spacial score (nSPS) is 11.7. The largest absolute Gasteiger partial charge is 0.428 e. The summed E-state index contributed by atoms with van der Waals surface area (Å²) in [5, 5.41) is 0. The number of hydrogen-bond acceptors (Lipinski definition) is 2. The summed E-state index contributed by atoms with van der Waals surface area (Å²) in [6.07, 6.45) is -4.37. The van der Waals surface area contributed by atoms with Crippen LogP contribution in [0.1, 0.15) is 5.56 Å². The highest BCUT2D eigenvalue weighted by Gasteiger charge is 2.29. The molecule has 9 heteroatoms. The van der Waals surface area contributed by atoms with Crippen LogP contribution in [0.3, 0.4) is 0 Å². The van der Waals surface area contributed by atoms with Gasteiger partial charge in [-0.25, -0.2) is 13.3 Å². The molecule has 0 aliphatic carbocycles. The molecule has 0 bridgehead atoms. The fraction of sp³-hybridized carbons (Fsp3) is 0.143. The van der Waals surface area contributed by atoms with Gasteiger partial charge < -0.3 is 4.52 Å². The molecule has 1 aromatic carbocycles. The molecular formula is C7H3Cl2F4O2P. The van der Waals surface area contributed by atoms with Crippen LogP contribution in [0.4, 0.5) is 17.6 Å². The van der Waals surface area contributed by atoms with Gasteiger partial charge in [-0.2, -0.15) is 8.78 Å². The number of rotatable bonds is 2. The van der Waals surface area contributed by atoms with Gasteiger partial charge >= 0.3 is 6.07 Å². The van der Waals surface area contributed by atoms with Gasteiger partial charge in [0.2, 0.25) is 17.4 Å². The van der Waals surface area contributed by atoms with E-state index >= 15 is 0 Å². The van der Waals surface area contributed by atoms with E-state index in [1.807, 2.05) is 0 Å². The first-order chi connectivity index (χ1) is 7.15. The minimum atomic E-state index is -4.37. The van der Waals surface area contributed by atoms with Crippen molar-refractivity contribution in [1.29, 1.82) is 0 Å². The molecule has 2 nitrogen and oxygen atoms in total. The lowest BCUT2D eigenvalue weighted by Gasteiger charge is -2.10. The van der Waals surface area contributed by atoms with Gasteiger partial charge in [-0.3, -0.25) is 0 Å². The Morgan fingerprint density at radius 3 is 1.69 bits per heavy atom. The van der Waals surface area contributed by atoms with Gasteiger partial charge in [-0.1, -0.05) is 0 Å². The Kier molecular flexibility index (Phi) is 3.77. The van der Waals surface area contributed by atoms with Crippen molar-refractivity contribution in [3.05, 3.63) is 28.8 Å². The molecule has 0 aromatic heterocycles. The lowest BCUT2D eigenvalue weighted by Crippen LogP contribution is -2.02. The Balaban J connectivity index is 3.46. The number of benzene rings is 1. The molecular weight excluding hydrogens is 294 g/mol. The van der Waals surface area contributed by atoms with E-state index in [4.69, 9.17) is 22.5 Å². The smallest absolute Gasteiger partial charge is 0.416 e. The summed E-state index contributed by atoms with van der Waals surface area (Å²) in [6.45, 7) is 0.821. The molecule has 0 unspecified atom stereocenters. The van der Waals surface area contributed by atoms with Crippen molar-refractivity contribution in [1.82, 2.24) is 0 Å². The third kappa shape index (κ3) is 2.62. The van der Waals surface area contributed by atoms with E-state index in [0.717, 1.165) is 6.92 Å². The third-order valence-electron chi connectivity index (χ3n) is 1.64. The molecule has 0 fully saturated rings. The topological polar surface area (TPSA) is 26.3 Å². The number of hydrogen-bond donors (Lipinski definition) is 0. The van der Waals surface area contributed by atoms with Gasteiger partial charge in [0.15, 0.2) is 11.6 Å². The zero-order valence-corrected chi connectivity index (χ0v) is 9.94. The molecule has 0 saturated carbocycles. The van der Waals surface area contributed by atoms with Crippen LogP contribution in [0.5, 0.6) is 5.75 Å². The van der Waals surface area contributed by atoms with E-state index in [-0.39, 0.29) is 0 Å². The average Bonchev–Trinajstić information content (AvgIpc) is 2.17. The maximum atomic E-state index is 13.1. The van der Waals surface area contributed by atoms with Gasteiger partial charge in [0.25, 0.3) is 0 Å². The predicted octanol–water partition coefficient (Wildman–Crippen LogP) is 4.52. The van der Waals surface area contributed by atoms with Crippen molar-refractivity contribution >= 4 is 28.6 Å². The average molecular weight is 297 g/mol. The van der Waals surface area contributed by atoms with Gasteiger partial charge in [-0.05, 0) is 6.92 Å². The first kappa shape index (κ1) is 13.6. The molecule has 0 heterocycles. The van der Waals surface area contributed by atoms with Crippen molar-refractivity contribution in [2.24, 2.45) is 0 Å². The Morgan fingerprint density at radius 2 is 1.38 bits per heavy atom. The molecule has 0 aliphatic heterocycles. The highest BCUT2D eigenvalue weighted by molar-refractivity contribution is 8.05. The van der Waals surface area contributed by atoms with E-state index in [9.17, 15) is 22.1 Å². The van der Waals surface area contributed by atoms with E-state index in [2.05, 4.69) is 4.52 Å². The summed E-state index contributed by atoms with van der Waals surface area (Å²) in [7, 11) is 0. The second-order valence-corrected chi connectivity index (χ2v) is 6.92. The van der Waals surface area contributed by atoms with E-state index in [1.54, 1.807) is 0 Å². The van der Waals surface area contributed by atoms with Crippen molar-refractivity contribution in [2.75, 3.05) is 0 Å². The molecule has 1 rings (SSSR count). The van der Waals surface area contributed by atoms with Crippen LogP contribution in [-0.2, 0) is 4.57 Å². The standard InChI is InChI=1S/C7H3Cl2F4O2P/c1-2-3(10)5(12)7(6(13)4(2)11)15-16(8,9)14/h1H3. The molecule has 0 amide bonds. The summed E-state index contributed by atoms with van der Waals surface area (Å²) in [6, 6.07) is 0. The monoisotopic (exact) mass is 296 g/mol. The second-order valence-electron chi connectivity index (χ2n) is 2.72. The maximum absolute atomic E-state index is 13.1. The fourth-order valence-electron chi connectivity index (χ4n) is 0.908. The van der Waals surface area contributed by atoms with E-state index < -0.39 is 40.7 Å². The molecule has 90 valence electrons. The van der Waals surface area contributed by atoms with Gasteiger partial charge in [-0.15, -0.1) is 0 Å². The summed E-state index contributed by atoms with van der Waals surface area (Å²) in [5.41, 5.74) is -0.874. The fourth-order valence-corrected chi connectivity index (χ4v) is 1.69. The summed E-state index contributed by atoms with van der Waals surface area (Å²) in [4.78, 5) is 0. The van der Waals surface area contributed by atoms with Crippen molar-refractivity contribution in [3.63, 3.8) is 0 Å². The van der Waals surface area contributed by atoms with Crippen molar-refractivity contribution < 1.29 is 26.7 Å². The molecule has 0 spiro atoms. The minimum Gasteiger partial charge on any atom is -0.416 e. The van der Waals surface area contributed by atoms with Crippen LogP contribution >= 0.6 is 28.6 Å². The van der Waals surface area contributed by atoms with Crippen molar-refractivity contribution in [2.45, 2.75) is 6.92 Å².